The highest BCUT2D eigenvalue weighted by Gasteiger charge is 2.20. The first-order valence-electron chi connectivity index (χ1n) is 6.18. The molecule has 0 bridgehead atoms. The molecule has 4 nitrogen and oxygen atoms in total. The summed E-state index contributed by atoms with van der Waals surface area (Å²) in [5.74, 6) is -0.205. The molecule has 0 spiro atoms. The number of carbonyl (C=O) groups is 1. The molecular formula is C14H17ClN2O2. The van der Waals surface area contributed by atoms with Gasteiger partial charge in [-0.1, -0.05) is 18.2 Å². The van der Waals surface area contributed by atoms with Crippen LogP contribution < -0.4 is 5.32 Å². The van der Waals surface area contributed by atoms with Gasteiger partial charge in [0.05, 0.1) is 7.11 Å². The maximum Gasteiger partial charge on any atom is 0.325 e. The van der Waals surface area contributed by atoms with E-state index in [0.29, 0.717) is 0 Å². The summed E-state index contributed by atoms with van der Waals surface area (Å²) in [6, 6.07) is 8.26. The minimum atomic E-state index is -0.205. The van der Waals surface area contributed by atoms with E-state index < -0.39 is 0 Å². The predicted molar refractivity (Wildman–Crippen MR) is 76.6 cm³/mol. The van der Waals surface area contributed by atoms with Gasteiger partial charge in [0.1, 0.15) is 6.54 Å². The first-order chi connectivity index (χ1) is 8.81. The summed E-state index contributed by atoms with van der Waals surface area (Å²) in [4.78, 5) is 11.5. The molecule has 1 aromatic heterocycles. The number of hydrogen-bond acceptors (Lipinski definition) is 3. The quantitative estimate of drug-likeness (QED) is 0.854. The fourth-order valence-corrected chi connectivity index (χ4v) is 2.70. The Morgan fingerprint density at radius 2 is 2.21 bits per heavy atom. The smallest absolute Gasteiger partial charge is 0.325 e. The van der Waals surface area contributed by atoms with E-state index in [4.69, 9.17) is 4.74 Å². The molecule has 1 aromatic carbocycles. The van der Waals surface area contributed by atoms with Crippen molar-refractivity contribution in [2.75, 3.05) is 13.7 Å². The van der Waals surface area contributed by atoms with Crippen molar-refractivity contribution in [3.63, 3.8) is 0 Å². The topological polar surface area (TPSA) is 43.3 Å². The summed E-state index contributed by atoms with van der Waals surface area (Å²) in [5, 5.41) is 4.62. The van der Waals surface area contributed by atoms with Crippen molar-refractivity contribution >= 4 is 29.3 Å². The number of nitrogens with one attached hydrogen (secondary N) is 1. The van der Waals surface area contributed by atoms with Crippen LogP contribution in [0.1, 0.15) is 11.3 Å². The summed E-state index contributed by atoms with van der Waals surface area (Å²) in [5.41, 5.74) is 3.71. The van der Waals surface area contributed by atoms with Gasteiger partial charge in [-0.25, -0.2) is 0 Å². The number of aromatic nitrogens is 1. The van der Waals surface area contributed by atoms with Crippen molar-refractivity contribution in [1.82, 2.24) is 9.88 Å². The first-order valence-corrected chi connectivity index (χ1v) is 6.18. The average Bonchev–Trinajstić information content (AvgIpc) is 2.74. The lowest BCUT2D eigenvalue weighted by atomic mass is 10.1. The largest absolute Gasteiger partial charge is 0.468 e. The molecule has 1 aliphatic heterocycles. The molecule has 0 radical (unpaired) electrons. The molecule has 0 fully saturated rings. The molecule has 102 valence electrons. The SMILES string of the molecule is COC(=O)Cn1c2c(c3ccccc31)CCNC2.Cl. The fourth-order valence-electron chi connectivity index (χ4n) is 2.70. The Kier molecular flexibility index (Phi) is 4.12. The van der Waals surface area contributed by atoms with Crippen LogP contribution >= 0.6 is 12.4 Å². The molecule has 5 heteroatoms. The fraction of sp³-hybridized carbons (Fsp3) is 0.357. The number of methoxy groups -OCH3 is 1. The third-order valence-electron chi connectivity index (χ3n) is 3.55. The number of fused-ring (bicyclic) bond motifs is 3. The van der Waals surface area contributed by atoms with Crippen molar-refractivity contribution in [1.29, 1.82) is 0 Å². The number of hydrogen-bond donors (Lipinski definition) is 1. The number of esters is 1. The van der Waals surface area contributed by atoms with Gasteiger partial charge in [-0.2, -0.15) is 0 Å². The summed E-state index contributed by atoms with van der Waals surface area (Å²) >= 11 is 0. The van der Waals surface area contributed by atoms with Gasteiger partial charge < -0.3 is 14.6 Å². The molecule has 0 saturated carbocycles. The zero-order valence-electron chi connectivity index (χ0n) is 10.8. The molecule has 0 amide bonds. The van der Waals surface area contributed by atoms with Crippen LogP contribution in [0.2, 0.25) is 0 Å². The van der Waals surface area contributed by atoms with E-state index in [2.05, 4.69) is 22.0 Å². The second-order valence-electron chi connectivity index (χ2n) is 4.53. The summed E-state index contributed by atoms with van der Waals surface area (Å²) in [6.07, 6.45) is 1.02. The van der Waals surface area contributed by atoms with E-state index in [1.54, 1.807) is 0 Å². The lowest BCUT2D eigenvalue weighted by Crippen LogP contribution is -2.26. The van der Waals surface area contributed by atoms with E-state index in [1.165, 1.54) is 23.8 Å². The lowest BCUT2D eigenvalue weighted by molar-refractivity contribution is -0.141. The van der Waals surface area contributed by atoms with Crippen LogP contribution in [0.5, 0.6) is 0 Å². The highest BCUT2D eigenvalue weighted by Crippen LogP contribution is 2.28. The van der Waals surface area contributed by atoms with Gasteiger partial charge in [0.2, 0.25) is 0 Å². The number of benzene rings is 1. The molecule has 0 unspecified atom stereocenters. The Balaban J connectivity index is 0.00000133. The standard InChI is InChI=1S/C14H16N2O2.ClH/c1-18-14(17)9-16-12-5-3-2-4-10(12)11-6-7-15-8-13(11)16;/h2-5,15H,6-9H2,1H3;1H. The molecule has 19 heavy (non-hydrogen) atoms. The Hall–Kier alpha value is -1.52. The van der Waals surface area contributed by atoms with Crippen LogP contribution in [0.3, 0.4) is 0 Å². The predicted octanol–water partition coefficient (Wildman–Crippen LogP) is 1.88. The monoisotopic (exact) mass is 280 g/mol. The van der Waals surface area contributed by atoms with Crippen LogP contribution in [0, 0.1) is 0 Å². The summed E-state index contributed by atoms with van der Waals surface area (Å²) < 4.78 is 6.86. The normalized spacial score (nSPS) is 13.7. The van der Waals surface area contributed by atoms with Gasteiger partial charge in [-0.05, 0) is 24.6 Å². The van der Waals surface area contributed by atoms with Gasteiger partial charge in [-0.15, -0.1) is 12.4 Å². The Morgan fingerprint density at radius 3 is 3.00 bits per heavy atom. The highest BCUT2D eigenvalue weighted by atomic mass is 35.5. The van der Waals surface area contributed by atoms with Gasteiger partial charge in [0.25, 0.3) is 0 Å². The lowest BCUT2D eigenvalue weighted by Gasteiger charge is -2.16. The van der Waals surface area contributed by atoms with Gasteiger partial charge in [-0.3, -0.25) is 4.79 Å². The summed E-state index contributed by atoms with van der Waals surface area (Å²) in [6.45, 7) is 2.11. The summed E-state index contributed by atoms with van der Waals surface area (Å²) in [7, 11) is 1.43. The third kappa shape index (κ3) is 2.33. The van der Waals surface area contributed by atoms with Gasteiger partial charge in [0.15, 0.2) is 0 Å². The number of para-hydroxylation sites is 1. The number of ether oxygens (including phenoxy) is 1. The molecule has 1 aliphatic rings. The van der Waals surface area contributed by atoms with Crippen molar-refractivity contribution in [2.24, 2.45) is 0 Å². The minimum absolute atomic E-state index is 0. The van der Waals surface area contributed by atoms with Crippen LogP contribution in [0.4, 0.5) is 0 Å². The maximum absolute atomic E-state index is 11.5. The molecule has 1 N–H and O–H groups in total. The second-order valence-corrected chi connectivity index (χ2v) is 4.53. The Bertz CT molecular complexity index is 607. The van der Waals surface area contributed by atoms with Crippen LogP contribution in [0.25, 0.3) is 10.9 Å². The van der Waals surface area contributed by atoms with Crippen molar-refractivity contribution < 1.29 is 9.53 Å². The van der Waals surface area contributed by atoms with Crippen LogP contribution in [0.15, 0.2) is 24.3 Å². The maximum atomic E-state index is 11.5. The molecular weight excluding hydrogens is 264 g/mol. The molecule has 2 heterocycles. The molecule has 0 aliphatic carbocycles. The average molecular weight is 281 g/mol. The number of carbonyl (C=O) groups excluding carboxylic acids is 1. The molecule has 0 atom stereocenters. The molecule has 0 saturated heterocycles. The second kappa shape index (κ2) is 5.63. The van der Waals surface area contributed by atoms with Crippen LogP contribution in [-0.4, -0.2) is 24.2 Å². The van der Waals surface area contributed by atoms with Gasteiger partial charge in [0, 0.05) is 23.1 Å². The van der Waals surface area contributed by atoms with Crippen molar-refractivity contribution in [2.45, 2.75) is 19.5 Å². The highest BCUT2D eigenvalue weighted by molar-refractivity contribution is 5.87. The van der Waals surface area contributed by atoms with E-state index >= 15 is 0 Å². The number of halogens is 1. The third-order valence-corrected chi connectivity index (χ3v) is 3.55. The van der Waals surface area contributed by atoms with Crippen LogP contribution in [-0.2, 0) is 29.0 Å². The molecule has 3 rings (SSSR count). The van der Waals surface area contributed by atoms with E-state index in [0.717, 1.165) is 25.0 Å². The van der Waals surface area contributed by atoms with Gasteiger partial charge >= 0.3 is 5.97 Å². The molecule has 2 aromatic rings. The van der Waals surface area contributed by atoms with E-state index in [1.807, 2.05) is 12.1 Å². The zero-order chi connectivity index (χ0) is 12.5. The minimum Gasteiger partial charge on any atom is -0.468 e. The van der Waals surface area contributed by atoms with Crippen molar-refractivity contribution in [3.8, 4) is 0 Å². The van der Waals surface area contributed by atoms with Crippen molar-refractivity contribution in [3.05, 3.63) is 35.5 Å². The number of nitrogens with zero attached hydrogens (tertiary/aromatic N) is 1. The Morgan fingerprint density at radius 1 is 1.42 bits per heavy atom. The first kappa shape index (κ1) is 13.9. The zero-order valence-corrected chi connectivity index (χ0v) is 11.6. The van der Waals surface area contributed by atoms with E-state index in [-0.39, 0.29) is 24.9 Å². The Labute approximate surface area is 118 Å². The van der Waals surface area contributed by atoms with E-state index in [9.17, 15) is 4.79 Å². The number of rotatable bonds is 2.